The lowest BCUT2D eigenvalue weighted by atomic mass is 10.1. The second-order valence-electron chi connectivity index (χ2n) is 4.39. The van der Waals surface area contributed by atoms with Crippen molar-refractivity contribution < 1.29 is 4.84 Å². The van der Waals surface area contributed by atoms with E-state index < -0.39 is 16.9 Å². The standard InChI is InChI=1S/C9H15N3O3S/c1-9(2,3)11-6(13)10(4)8(16)12(15-5)7(11)14/h1-5H3. The fourth-order valence-electron chi connectivity index (χ4n) is 1.35. The highest BCUT2D eigenvalue weighted by Gasteiger charge is 2.22. The third-order valence-electron chi connectivity index (χ3n) is 2.16. The summed E-state index contributed by atoms with van der Waals surface area (Å²) in [6, 6.07) is 0. The third-order valence-corrected chi connectivity index (χ3v) is 2.60. The number of hydrogen-bond donors (Lipinski definition) is 0. The number of aromatic nitrogens is 3. The molecule has 0 aliphatic heterocycles. The summed E-state index contributed by atoms with van der Waals surface area (Å²) in [5.41, 5.74) is -1.64. The molecule has 1 aromatic rings. The zero-order valence-electron chi connectivity index (χ0n) is 9.97. The molecular formula is C9H15N3O3S. The van der Waals surface area contributed by atoms with Crippen LogP contribution in [0.2, 0.25) is 0 Å². The van der Waals surface area contributed by atoms with Gasteiger partial charge in [-0.05, 0) is 33.0 Å². The van der Waals surface area contributed by atoms with Crippen molar-refractivity contribution in [2.45, 2.75) is 26.3 Å². The van der Waals surface area contributed by atoms with E-state index in [1.807, 2.05) is 0 Å². The molecule has 90 valence electrons. The lowest BCUT2D eigenvalue weighted by molar-refractivity contribution is 0.125. The molecule has 1 heterocycles. The van der Waals surface area contributed by atoms with Crippen molar-refractivity contribution >= 4 is 12.2 Å². The molecule has 0 aliphatic carbocycles. The van der Waals surface area contributed by atoms with E-state index in [4.69, 9.17) is 17.1 Å². The second kappa shape index (κ2) is 3.89. The molecule has 7 heteroatoms. The molecule has 0 saturated carbocycles. The van der Waals surface area contributed by atoms with Crippen molar-refractivity contribution in [3.05, 3.63) is 25.7 Å². The molecule has 1 rings (SSSR count). The van der Waals surface area contributed by atoms with Crippen molar-refractivity contribution in [1.29, 1.82) is 0 Å². The number of nitrogens with zero attached hydrogens (tertiary/aromatic N) is 3. The maximum absolute atomic E-state index is 12.0. The van der Waals surface area contributed by atoms with Crippen LogP contribution in [0, 0.1) is 4.77 Å². The summed E-state index contributed by atoms with van der Waals surface area (Å²) in [5, 5.41) is 0. The first-order valence-electron chi connectivity index (χ1n) is 4.72. The Labute approximate surface area is 97.7 Å². The molecule has 0 bridgehead atoms. The fourth-order valence-corrected chi connectivity index (χ4v) is 1.58. The third kappa shape index (κ3) is 1.82. The van der Waals surface area contributed by atoms with E-state index in [9.17, 15) is 9.59 Å². The Bertz CT molecular complexity index is 574. The topological polar surface area (TPSA) is 58.2 Å². The zero-order valence-corrected chi connectivity index (χ0v) is 10.8. The largest absolute Gasteiger partial charge is 0.410 e. The first-order chi connectivity index (χ1) is 7.21. The van der Waals surface area contributed by atoms with Gasteiger partial charge < -0.3 is 4.84 Å². The van der Waals surface area contributed by atoms with Crippen LogP contribution >= 0.6 is 12.2 Å². The minimum Gasteiger partial charge on any atom is -0.410 e. The Hall–Kier alpha value is -1.37. The Balaban J connectivity index is 3.93. The minimum atomic E-state index is -0.630. The van der Waals surface area contributed by atoms with Gasteiger partial charge in [0.2, 0.25) is 4.77 Å². The quantitative estimate of drug-likeness (QED) is 0.648. The van der Waals surface area contributed by atoms with Gasteiger partial charge in [-0.15, -0.1) is 4.73 Å². The van der Waals surface area contributed by atoms with Gasteiger partial charge in [-0.3, -0.25) is 4.57 Å². The van der Waals surface area contributed by atoms with Gasteiger partial charge in [-0.25, -0.2) is 14.2 Å². The summed E-state index contributed by atoms with van der Waals surface area (Å²) < 4.78 is 3.26. The predicted molar refractivity (Wildman–Crippen MR) is 62.3 cm³/mol. The zero-order chi connectivity index (χ0) is 12.7. The fraction of sp³-hybridized carbons (Fsp3) is 0.667. The highest BCUT2D eigenvalue weighted by Crippen LogP contribution is 2.06. The van der Waals surface area contributed by atoms with Crippen LogP contribution in [0.15, 0.2) is 9.59 Å². The molecule has 0 aliphatic rings. The Morgan fingerprint density at radius 2 is 1.69 bits per heavy atom. The molecule has 0 N–H and O–H groups in total. The molecule has 0 radical (unpaired) electrons. The van der Waals surface area contributed by atoms with Gasteiger partial charge in [-0.1, -0.05) is 0 Å². The van der Waals surface area contributed by atoms with Gasteiger partial charge in [0.25, 0.3) is 0 Å². The average Bonchev–Trinajstić information content (AvgIpc) is 2.13. The van der Waals surface area contributed by atoms with Crippen LogP contribution in [0.3, 0.4) is 0 Å². The molecule has 0 aromatic carbocycles. The second-order valence-corrected chi connectivity index (χ2v) is 4.76. The van der Waals surface area contributed by atoms with E-state index in [2.05, 4.69) is 0 Å². The van der Waals surface area contributed by atoms with Gasteiger partial charge in [0.05, 0.1) is 0 Å². The molecule has 0 spiro atoms. The van der Waals surface area contributed by atoms with Crippen molar-refractivity contribution in [1.82, 2.24) is 13.9 Å². The molecule has 0 atom stereocenters. The average molecular weight is 245 g/mol. The normalized spacial score (nSPS) is 11.6. The van der Waals surface area contributed by atoms with Crippen LogP contribution in [0.4, 0.5) is 0 Å². The Morgan fingerprint density at radius 1 is 1.19 bits per heavy atom. The Morgan fingerprint density at radius 3 is 2.06 bits per heavy atom. The maximum Gasteiger partial charge on any atom is 0.368 e. The molecule has 1 aromatic heterocycles. The predicted octanol–water partition coefficient (Wildman–Crippen LogP) is -0.109. The molecule has 0 unspecified atom stereocenters. The molecule has 16 heavy (non-hydrogen) atoms. The van der Waals surface area contributed by atoms with Crippen molar-refractivity contribution in [3.8, 4) is 0 Å². The van der Waals surface area contributed by atoms with Gasteiger partial charge >= 0.3 is 11.4 Å². The van der Waals surface area contributed by atoms with Gasteiger partial charge in [-0.2, -0.15) is 0 Å². The molecule has 0 fully saturated rings. The molecule has 0 amide bonds. The highest BCUT2D eigenvalue weighted by atomic mass is 32.1. The van der Waals surface area contributed by atoms with E-state index in [0.717, 1.165) is 9.30 Å². The van der Waals surface area contributed by atoms with Crippen LogP contribution in [0.25, 0.3) is 0 Å². The first-order valence-corrected chi connectivity index (χ1v) is 5.12. The summed E-state index contributed by atoms with van der Waals surface area (Å²) in [4.78, 5) is 28.7. The monoisotopic (exact) mass is 245 g/mol. The Kier molecular flexibility index (Phi) is 3.09. The summed E-state index contributed by atoms with van der Waals surface area (Å²) in [6.45, 7) is 5.29. The summed E-state index contributed by atoms with van der Waals surface area (Å²) >= 11 is 4.94. The SMILES string of the molecule is COn1c(=S)n(C)c(=O)n(C(C)(C)C)c1=O. The summed E-state index contributed by atoms with van der Waals surface area (Å²) in [5.74, 6) is 0. The first kappa shape index (κ1) is 12.7. The van der Waals surface area contributed by atoms with E-state index >= 15 is 0 Å². The van der Waals surface area contributed by atoms with Gasteiger partial charge in [0, 0.05) is 12.6 Å². The number of hydrogen-bond acceptors (Lipinski definition) is 4. The molecule has 0 saturated heterocycles. The minimum absolute atomic E-state index is 0.0398. The maximum atomic E-state index is 12.0. The summed E-state index contributed by atoms with van der Waals surface area (Å²) in [6.07, 6.45) is 0. The molecular weight excluding hydrogens is 230 g/mol. The van der Waals surface area contributed by atoms with Gasteiger partial charge in [0.15, 0.2) is 0 Å². The summed E-state index contributed by atoms with van der Waals surface area (Å²) in [7, 11) is 2.83. The van der Waals surface area contributed by atoms with E-state index in [1.165, 1.54) is 18.7 Å². The van der Waals surface area contributed by atoms with Crippen LogP contribution in [0.1, 0.15) is 20.8 Å². The lowest BCUT2D eigenvalue weighted by Gasteiger charge is -2.22. The molecule has 6 nitrogen and oxygen atoms in total. The van der Waals surface area contributed by atoms with Crippen LogP contribution in [0.5, 0.6) is 0 Å². The highest BCUT2D eigenvalue weighted by molar-refractivity contribution is 7.71. The van der Waals surface area contributed by atoms with E-state index in [-0.39, 0.29) is 4.77 Å². The van der Waals surface area contributed by atoms with E-state index in [1.54, 1.807) is 20.8 Å². The van der Waals surface area contributed by atoms with Gasteiger partial charge in [0.1, 0.15) is 7.11 Å². The van der Waals surface area contributed by atoms with Crippen LogP contribution in [-0.4, -0.2) is 21.0 Å². The van der Waals surface area contributed by atoms with E-state index in [0.29, 0.717) is 0 Å². The van der Waals surface area contributed by atoms with Crippen LogP contribution in [-0.2, 0) is 12.6 Å². The van der Waals surface area contributed by atoms with Crippen LogP contribution < -0.4 is 16.2 Å². The lowest BCUT2D eigenvalue weighted by Crippen LogP contribution is -2.52. The van der Waals surface area contributed by atoms with Crippen molar-refractivity contribution in [2.24, 2.45) is 7.05 Å². The smallest absolute Gasteiger partial charge is 0.368 e. The van der Waals surface area contributed by atoms with Crippen molar-refractivity contribution in [2.75, 3.05) is 7.11 Å². The van der Waals surface area contributed by atoms with Crippen molar-refractivity contribution in [3.63, 3.8) is 0 Å². The number of rotatable bonds is 1.